The third-order valence-electron chi connectivity index (χ3n) is 1.81. The molecule has 2 aromatic rings. The van der Waals surface area contributed by atoms with E-state index in [0.29, 0.717) is 5.65 Å². The second-order valence-corrected chi connectivity index (χ2v) is 2.67. The van der Waals surface area contributed by atoms with E-state index in [1.807, 2.05) is 6.92 Å². The molecule has 66 valence electrons. The summed E-state index contributed by atoms with van der Waals surface area (Å²) in [5, 5.41) is 8.79. The summed E-state index contributed by atoms with van der Waals surface area (Å²) in [7, 11) is 0. The average molecular weight is 177 g/mol. The van der Waals surface area contributed by atoms with Crippen molar-refractivity contribution in [3.8, 4) is 0 Å². The van der Waals surface area contributed by atoms with Crippen LogP contribution in [-0.4, -0.2) is 25.4 Å². The zero-order valence-corrected chi connectivity index (χ0v) is 6.93. The normalized spacial score (nSPS) is 10.5. The first-order chi connectivity index (χ1) is 6.20. The predicted molar refractivity (Wildman–Crippen MR) is 44.7 cm³/mol. The molecule has 0 radical (unpaired) electrons. The first kappa shape index (κ1) is 7.72. The van der Waals surface area contributed by atoms with Gasteiger partial charge < -0.3 is 5.11 Å². The highest BCUT2D eigenvalue weighted by atomic mass is 16.4. The molecule has 0 saturated carbocycles. The first-order valence-corrected chi connectivity index (χ1v) is 3.72. The van der Waals surface area contributed by atoms with Crippen molar-refractivity contribution in [2.75, 3.05) is 0 Å². The van der Waals surface area contributed by atoms with Gasteiger partial charge in [0.1, 0.15) is 0 Å². The summed E-state index contributed by atoms with van der Waals surface area (Å²) < 4.78 is 1.50. The number of aromatic carboxylic acids is 1. The van der Waals surface area contributed by atoms with Crippen LogP contribution in [-0.2, 0) is 0 Å². The van der Waals surface area contributed by atoms with Crippen LogP contribution in [0.3, 0.4) is 0 Å². The third-order valence-corrected chi connectivity index (χ3v) is 1.81. The number of imidazole rings is 1. The molecular formula is C8H7N3O2. The average Bonchev–Trinajstić information content (AvgIpc) is 2.49. The predicted octanol–water partition coefficient (Wildman–Crippen LogP) is 0.736. The van der Waals surface area contributed by atoms with E-state index in [9.17, 15) is 4.79 Å². The van der Waals surface area contributed by atoms with Crippen LogP contribution in [0.2, 0.25) is 0 Å². The van der Waals surface area contributed by atoms with Crippen molar-refractivity contribution < 1.29 is 9.90 Å². The van der Waals surface area contributed by atoms with Crippen molar-refractivity contribution in [3.05, 3.63) is 30.0 Å². The third kappa shape index (κ3) is 1.05. The van der Waals surface area contributed by atoms with E-state index in [1.165, 1.54) is 10.6 Å². The van der Waals surface area contributed by atoms with Gasteiger partial charge in [0.25, 0.3) is 0 Å². The minimum absolute atomic E-state index is 0.000556. The fourth-order valence-corrected chi connectivity index (χ4v) is 1.23. The van der Waals surface area contributed by atoms with Crippen molar-refractivity contribution in [1.29, 1.82) is 0 Å². The quantitative estimate of drug-likeness (QED) is 0.697. The molecule has 0 bridgehead atoms. The number of carboxylic acids is 1. The molecule has 0 saturated heterocycles. The van der Waals surface area contributed by atoms with Crippen LogP contribution >= 0.6 is 0 Å². The van der Waals surface area contributed by atoms with Gasteiger partial charge in [-0.05, 0) is 13.0 Å². The smallest absolute Gasteiger partial charge is 0.372 e. The maximum absolute atomic E-state index is 10.7. The molecule has 13 heavy (non-hydrogen) atoms. The molecule has 0 aliphatic carbocycles. The number of fused-ring (bicyclic) bond motifs is 1. The van der Waals surface area contributed by atoms with E-state index >= 15 is 0 Å². The van der Waals surface area contributed by atoms with Crippen molar-refractivity contribution in [2.24, 2.45) is 0 Å². The van der Waals surface area contributed by atoms with Crippen molar-refractivity contribution in [3.63, 3.8) is 0 Å². The molecule has 2 heterocycles. The number of hydrogen-bond donors (Lipinski definition) is 1. The molecule has 5 nitrogen and oxygen atoms in total. The maximum atomic E-state index is 10.7. The Balaban J connectivity index is 2.86. The molecule has 0 fully saturated rings. The monoisotopic (exact) mass is 177 g/mol. The van der Waals surface area contributed by atoms with Crippen molar-refractivity contribution in [1.82, 2.24) is 14.4 Å². The molecule has 0 spiro atoms. The largest absolute Gasteiger partial charge is 0.475 e. The lowest BCUT2D eigenvalue weighted by atomic mass is 10.4. The summed E-state index contributed by atoms with van der Waals surface area (Å²) in [6.07, 6.45) is 3.06. The Morgan fingerprint density at radius 2 is 2.31 bits per heavy atom. The van der Waals surface area contributed by atoms with Gasteiger partial charge in [0.2, 0.25) is 5.82 Å². The molecule has 0 amide bonds. The molecule has 0 unspecified atom stereocenters. The number of aromatic nitrogens is 3. The first-order valence-electron chi connectivity index (χ1n) is 3.72. The summed E-state index contributed by atoms with van der Waals surface area (Å²) >= 11 is 0. The fourth-order valence-electron chi connectivity index (χ4n) is 1.23. The molecular weight excluding hydrogens is 170 g/mol. The molecule has 5 heteroatoms. The van der Waals surface area contributed by atoms with Crippen molar-refractivity contribution >= 4 is 11.6 Å². The lowest BCUT2D eigenvalue weighted by molar-refractivity contribution is 0.0682. The van der Waals surface area contributed by atoms with E-state index in [-0.39, 0.29) is 5.82 Å². The molecule has 0 aliphatic rings. The zero-order chi connectivity index (χ0) is 9.42. The molecule has 0 aliphatic heterocycles. The SMILES string of the molecule is Cc1ccnc2cnc(C(=O)O)n12. The number of carbonyl (C=O) groups is 1. The van der Waals surface area contributed by atoms with Gasteiger partial charge in [-0.15, -0.1) is 0 Å². The Hall–Kier alpha value is -1.91. The van der Waals surface area contributed by atoms with E-state index in [2.05, 4.69) is 9.97 Å². The van der Waals surface area contributed by atoms with Crippen LogP contribution in [0.5, 0.6) is 0 Å². The van der Waals surface area contributed by atoms with E-state index < -0.39 is 5.97 Å². The second-order valence-electron chi connectivity index (χ2n) is 2.67. The summed E-state index contributed by atoms with van der Waals surface area (Å²) in [5.41, 5.74) is 1.36. The number of hydrogen-bond acceptors (Lipinski definition) is 3. The summed E-state index contributed by atoms with van der Waals surface area (Å²) in [6.45, 7) is 1.81. The number of aryl methyl sites for hydroxylation is 1. The molecule has 0 aromatic carbocycles. The Labute approximate surface area is 73.7 Å². The standard InChI is InChI=1S/C8H7N3O2/c1-5-2-3-9-6-4-10-7(8(12)13)11(5)6/h2-4H,1H3,(H,12,13). The van der Waals surface area contributed by atoms with Gasteiger partial charge >= 0.3 is 5.97 Å². The summed E-state index contributed by atoms with van der Waals surface area (Å²) in [4.78, 5) is 18.5. The van der Waals surface area contributed by atoms with E-state index in [0.717, 1.165) is 5.69 Å². The highest BCUT2D eigenvalue weighted by Gasteiger charge is 2.12. The van der Waals surface area contributed by atoms with Gasteiger partial charge in [-0.25, -0.2) is 14.8 Å². The Morgan fingerprint density at radius 1 is 1.54 bits per heavy atom. The van der Waals surface area contributed by atoms with Gasteiger partial charge in [0, 0.05) is 11.9 Å². The van der Waals surface area contributed by atoms with Crippen LogP contribution in [0.4, 0.5) is 0 Å². The number of rotatable bonds is 1. The highest BCUT2D eigenvalue weighted by Crippen LogP contribution is 2.06. The van der Waals surface area contributed by atoms with Gasteiger partial charge in [-0.2, -0.15) is 0 Å². The maximum Gasteiger partial charge on any atom is 0.372 e. The molecule has 2 rings (SSSR count). The number of carboxylic acid groups (broad SMARTS) is 1. The fraction of sp³-hybridized carbons (Fsp3) is 0.125. The van der Waals surface area contributed by atoms with E-state index in [1.54, 1.807) is 12.3 Å². The second kappa shape index (κ2) is 2.55. The van der Waals surface area contributed by atoms with E-state index in [4.69, 9.17) is 5.11 Å². The van der Waals surface area contributed by atoms with Crippen LogP contribution in [0, 0.1) is 6.92 Å². The molecule has 0 atom stereocenters. The Kier molecular flexibility index (Phi) is 1.51. The summed E-state index contributed by atoms with van der Waals surface area (Å²) in [6, 6.07) is 1.74. The minimum atomic E-state index is -1.05. The Morgan fingerprint density at radius 3 is 3.00 bits per heavy atom. The summed E-state index contributed by atoms with van der Waals surface area (Å²) in [5.74, 6) is -1.04. The van der Waals surface area contributed by atoms with Gasteiger partial charge in [0.15, 0.2) is 5.65 Å². The van der Waals surface area contributed by atoms with Gasteiger partial charge in [-0.1, -0.05) is 0 Å². The van der Waals surface area contributed by atoms with Crippen LogP contribution in [0.15, 0.2) is 18.5 Å². The van der Waals surface area contributed by atoms with Gasteiger partial charge in [0.05, 0.1) is 6.20 Å². The van der Waals surface area contributed by atoms with Crippen LogP contribution in [0.25, 0.3) is 5.65 Å². The van der Waals surface area contributed by atoms with Crippen LogP contribution in [0.1, 0.15) is 16.3 Å². The topological polar surface area (TPSA) is 67.5 Å². The lowest BCUT2D eigenvalue weighted by Crippen LogP contribution is -2.06. The molecule has 2 aromatic heterocycles. The Bertz CT molecular complexity index is 475. The minimum Gasteiger partial charge on any atom is -0.475 e. The highest BCUT2D eigenvalue weighted by molar-refractivity contribution is 5.84. The lowest BCUT2D eigenvalue weighted by Gasteiger charge is -1.99. The number of nitrogens with zero attached hydrogens (tertiary/aromatic N) is 3. The van der Waals surface area contributed by atoms with Gasteiger partial charge in [-0.3, -0.25) is 4.40 Å². The zero-order valence-electron chi connectivity index (χ0n) is 6.93. The molecule has 1 N–H and O–H groups in total. The van der Waals surface area contributed by atoms with Crippen LogP contribution < -0.4 is 0 Å². The van der Waals surface area contributed by atoms with Crippen molar-refractivity contribution in [2.45, 2.75) is 6.92 Å².